The molecule has 0 heterocycles. The first-order chi connectivity index (χ1) is 18.3. The number of ketones is 1. The molecule has 1 aromatic rings. The van der Waals surface area contributed by atoms with Crippen LogP contribution in [0.15, 0.2) is 54.1 Å². The summed E-state index contributed by atoms with van der Waals surface area (Å²) in [5.41, 5.74) is 8.91. The maximum absolute atomic E-state index is 12.2. The van der Waals surface area contributed by atoms with E-state index in [1.807, 2.05) is 12.1 Å². The van der Waals surface area contributed by atoms with Gasteiger partial charge in [-0.05, 0) is 86.3 Å². The molecule has 8 heteroatoms. The molecule has 1 aromatic carbocycles. The molecule has 0 aromatic heterocycles. The average Bonchev–Trinajstić information content (AvgIpc) is 3.16. The van der Waals surface area contributed by atoms with E-state index in [4.69, 9.17) is 5.73 Å². The Hall–Kier alpha value is -0.900. The standard InChI is InChI=1S/C30H42N2O3.C2H4OS.Na/c1-20-16-30(31)26-14-22(19-32(35)13-7-10-21-8-5-4-6-9-21)17-28(26,2)18-25(34)27(30)29(3)12-11-23(33)15-24(20)29;1-2(3)4;/h4-6,8-9,11-12,15,20,22,25-27,34-35H,7,10,13-14,16-19,31H2,1-3H3;1H3,(H,3,4);/q;;+1/p-1/t20-,22+,25?,26?,27?,28?,29?,30?;;/m0../s1. The maximum atomic E-state index is 12.2. The number of benzene rings is 1. The first-order valence-corrected chi connectivity index (χ1v) is 14.8. The third-order valence-corrected chi connectivity index (χ3v) is 10.00. The molecule has 0 bridgehead atoms. The molecule has 214 valence electrons. The van der Waals surface area contributed by atoms with E-state index in [0.29, 0.717) is 19.0 Å². The minimum Gasteiger partial charge on any atom is -0.742 e. The molecule has 40 heavy (non-hydrogen) atoms. The molecule has 4 N–H and O–H groups in total. The van der Waals surface area contributed by atoms with Crippen LogP contribution in [0.5, 0.6) is 0 Å². The van der Waals surface area contributed by atoms with Gasteiger partial charge in [0.15, 0.2) is 5.78 Å². The number of allylic oxidation sites excluding steroid dienone is 4. The van der Waals surface area contributed by atoms with Crippen LogP contribution in [0.1, 0.15) is 65.4 Å². The Morgan fingerprint density at radius 2 is 1.82 bits per heavy atom. The average molecular weight is 577 g/mol. The van der Waals surface area contributed by atoms with Gasteiger partial charge in [0.2, 0.25) is 0 Å². The maximum Gasteiger partial charge on any atom is 1.00 e. The normalized spacial score (nSPS) is 37.8. The quantitative estimate of drug-likeness (QED) is 0.269. The van der Waals surface area contributed by atoms with Crippen molar-refractivity contribution in [3.05, 3.63) is 59.7 Å². The number of aliphatic hydroxyl groups excluding tert-OH is 1. The van der Waals surface area contributed by atoms with Crippen LogP contribution in [0.4, 0.5) is 0 Å². The van der Waals surface area contributed by atoms with Crippen molar-refractivity contribution >= 4 is 23.5 Å². The van der Waals surface area contributed by atoms with Gasteiger partial charge in [0, 0.05) is 35.1 Å². The van der Waals surface area contributed by atoms with Crippen LogP contribution in [0, 0.1) is 34.5 Å². The summed E-state index contributed by atoms with van der Waals surface area (Å²) in [7, 11) is 0. The van der Waals surface area contributed by atoms with E-state index in [1.54, 1.807) is 12.2 Å². The van der Waals surface area contributed by atoms with Crippen molar-refractivity contribution in [2.24, 2.45) is 40.2 Å². The molecule has 3 saturated carbocycles. The number of hydrogen-bond donors (Lipinski definition) is 3. The van der Waals surface area contributed by atoms with E-state index in [1.165, 1.54) is 17.6 Å². The number of carbonyl (C=O) groups excluding carboxylic acids is 2. The van der Waals surface area contributed by atoms with Crippen molar-refractivity contribution in [3.8, 4) is 0 Å². The Bertz CT molecular complexity index is 1130. The fourth-order valence-electron chi connectivity index (χ4n) is 8.94. The van der Waals surface area contributed by atoms with Gasteiger partial charge < -0.3 is 33.5 Å². The molecule has 4 aliphatic carbocycles. The molecule has 0 amide bonds. The number of rotatable bonds is 6. The van der Waals surface area contributed by atoms with Crippen LogP contribution in [0.25, 0.3) is 0 Å². The summed E-state index contributed by atoms with van der Waals surface area (Å²) in [6.07, 6.45) is 10.4. The van der Waals surface area contributed by atoms with Crippen molar-refractivity contribution in [3.63, 3.8) is 0 Å². The minimum atomic E-state index is -0.505. The Labute approximate surface area is 267 Å². The predicted molar refractivity (Wildman–Crippen MR) is 156 cm³/mol. The number of aliphatic hydroxyl groups is 1. The van der Waals surface area contributed by atoms with Crippen molar-refractivity contribution in [1.29, 1.82) is 0 Å². The van der Waals surface area contributed by atoms with E-state index < -0.39 is 11.6 Å². The minimum absolute atomic E-state index is 0. The monoisotopic (exact) mass is 576 g/mol. The zero-order valence-electron chi connectivity index (χ0n) is 24.8. The van der Waals surface area contributed by atoms with Gasteiger partial charge in [0.1, 0.15) is 0 Å². The van der Waals surface area contributed by atoms with E-state index in [0.717, 1.165) is 44.1 Å². The van der Waals surface area contributed by atoms with Gasteiger partial charge in [-0.1, -0.05) is 62.8 Å². The largest absolute Gasteiger partial charge is 1.00 e. The molecule has 0 aliphatic heterocycles. The fraction of sp³-hybridized carbons (Fsp3) is 0.625. The van der Waals surface area contributed by atoms with Gasteiger partial charge in [-0.25, -0.2) is 0 Å². The van der Waals surface area contributed by atoms with Gasteiger partial charge in [0.05, 0.1) is 6.10 Å². The SMILES string of the molecule is CC(=O)[S-].C[C@H]1CC2(N)C3C[C@@H](CN(O)CCCc4ccccc4)CC3(C)CC(O)C2C2(C)C=CC(=O)C=C12.[Na+]. The molecule has 0 spiro atoms. The number of carbonyl (C=O) groups is 2. The van der Waals surface area contributed by atoms with Crippen molar-refractivity contribution in [2.75, 3.05) is 13.1 Å². The molecule has 3 fully saturated rings. The predicted octanol–water partition coefficient (Wildman–Crippen LogP) is 1.62. The summed E-state index contributed by atoms with van der Waals surface area (Å²) < 4.78 is 0. The summed E-state index contributed by atoms with van der Waals surface area (Å²) >= 11 is 3.98. The second kappa shape index (κ2) is 13.2. The van der Waals surface area contributed by atoms with Crippen molar-refractivity contribution in [2.45, 2.75) is 77.9 Å². The number of nitrogens with two attached hydrogens (primary N) is 1. The molecule has 6 nitrogen and oxygen atoms in total. The molecule has 0 radical (unpaired) electrons. The molecule has 0 saturated heterocycles. The second-order valence-corrected chi connectivity index (χ2v) is 13.7. The number of fused-ring (bicyclic) bond motifs is 5. The Morgan fingerprint density at radius 1 is 1.18 bits per heavy atom. The van der Waals surface area contributed by atoms with Gasteiger partial charge in [-0.2, -0.15) is 5.06 Å². The zero-order valence-corrected chi connectivity index (χ0v) is 27.6. The van der Waals surface area contributed by atoms with Crippen LogP contribution >= 0.6 is 0 Å². The van der Waals surface area contributed by atoms with Gasteiger partial charge >= 0.3 is 29.6 Å². The molecule has 8 atom stereocenters. The van der Waals surface area contributed by atoms with E-state index >= 15 is 0 Å². The van der Waals surface area contributed by atoms with Gasteiger partial charge in [-0.3, -0.25) is 4.79 Å². The summed E-state index contributed by atoms with van der Waals surface area (Å²) in [4.78, 5) is 21.4. The zero-order chi connectivity index (χ0) is 28.6. The van der Waals surface area contributed by atoms with Crippen molar-refractivity contribution in [1.82, 2.24) is 5.06 Å². The second-order valence-electron chi connectivity index (χ2n) is 13.1. The van der Waals surface area contributed by atoms with Gasteiger partial charge in [-0.15, -0.1) is 0 Å². The number of aryl methyl sites for hydroxylation is 1. The topological polar surface area (TPSA) is 104 Å². The van der Waals surface area contributed by atoms with Crippen molar-refractivity contribution < 1.29 is 49.5 Å². The summed E-state index contributed by atoms with van der Waals surface area (Å²) in [6.45, 7) is 9.33. The van der Waals surface area contributed by atoms with Crippen LogP contribution in [-0.4, -0.2) is 51.0 Å². The Kier molecular flexibility index (Phi) is 11.1. The number of nitrogens with zero attached hydrogens (tertiary/aromatic N) is 1. The smallest absolute Gasteiger partial charge is 0.742 e. The van der Waals surface area contributed by atoms with Crippen LogP contribution in [0.3, 0.4) is 0 Å². The van der Waals surface area contributed by atoms with E-state index in [9.17, 15) is 19.9 Å². The third-order valence-electron chi connectivity index (χ3n) is 10.00. The van der Waals surface area contributed by atoms with Crippen LogP contribution < -0.4 is 35.3 Å². The summed E-state index contributed by atoms with van der Waals surface area (Å²) in [6, 6.07) is 10.4. The molecular weight excluding hydrogens is 531 g/mol. The molecule has 5 rings (SSSR count). The first-order valence-electron chi connectivity index (χ1n) is 14.4. The summed E-state index contributed by atoms with van der Waals surface area (Å²) in [5, 5.41) is 23.5. The van der Waals surface area contributed by atoms with Crippen LogP contribution in [-0.2, 0) is 28.6 Å². The third kappa shape index (κ3) is 6.84. The fourth-order valence-corrected chi connectivity index (χ4v) is 8.94. The number of hydroxylamine groups is 2. The molecule has 4 aliphatic rings. The van der Waals surface area contributed by atoms with E-state index in [2.05, 4.69) is 57.7 Å². The Morgan fingerprint density at radius 3 is 2.48 bits per heavy atom. The van der Waals surface area contributed by atoms with Crippen LogP contribution in [0.2, 0.25) is 0 Å². The van der Waals surface area contributed by atoms with Gasteiger partial charge in [0.25, 0.3) is 0 Å². The molecular formula is C32H45N2NaO4S. The Balaban J connectivity index is 0.000000828. The number of hydrogen-bond acceptors (Lipinski definition) is 7. The first kappa shape index (κ1) is 33.6. The molecule has 6 unspecified atom stereocenters. The van der Waals surface area contributed by atoms with E-state index in [-0.39, 0.29) is 69.0 Å². The summed E-state index contributed by atoms with van der Waals surface area (Å²) in [5.74, 6) is 0.797.